The predicted molar refractivity (Wildman–Crippen MR) is 74.3 cm³/mol. The van der Waals surface area contributed by atoms with Crippen LogP contribution in [0.5, 0.6) is 0 Å². The Bertz CT molecular complexity index is 462. The molecule has 1 rings (SSSR count). The van der Waals surface area contributed by atoms with Crippen LogP contribution in [0.2, 0.25) is 0 Å². The fourth-order valence-corrected chi connectivity index (χ4v) is 2.09. The number of hydrogen-bond acceptors (Lipinski definition) is 2. The van der Waals surface area contributed by atoms with Gasteiger partial charge in [0.05, 0.1) is 0 Å². The van der Waals surface area contributed by atoms with Crippen molar-refractivity contribution in [1.82, 2.24) is 4.90 Å². The lowest BCUT2D eigenvalue weighted by Gasteiger charge is -2.28. The van der Waals surface area contributed by atoms with Crippen LogP contribution in [0, 0.1) is 13.8 Å². The molecule has 104 valence electrons. The topological polar surface area (TPSA) is 57.6 Å². The molecule has 0 saturated carbocycles. The molecule has 0 aliphatic carbocycles. The SMILES string of the molecule is CCC(C)N(CC(=O)O)C(=O)c1c(C)cccc1C. The maximum Gasteiger partial charge on any atom is 0.323 e. The van der Waals surface area contributed by atoms with Crippen LogP contribution in [0.25, 0.3) is 0 Å². The average Bonchev–Trinajstić information content (AvgIpc) is 2.34. The molecule has 0 aromatic heterocycles. The second-order valence-corrected chi connectivity index (χ2v) is 4.85. The summed E-state index contributed by atoms with van der Waals surface area (Å²) in [6.07, 6.45) is 0.726. The van der Waals surface area contributed by atoms with Crippen LogP contribution in [0.15, 0.2) is 18.2 Å². The fraction of sp³-hybridized carbons (Fsp3) is 0.467. The van der Waals surface area contributed by atoms with E-state index < -0.39 is 5.97 Å². The number of carboxylic acid groups (broad SMARTS) is 1. The van der Waals surface area contributed by atoms with Gasteiger partial charge in [-0.05, 0) is 38.3 Å². The zero-order chi connectivity index (χ0) is 14.6. The minimum Gasteiger partial charge on any atom is -0.480 e. The van der Waals surface area contributed by atoms with Crippen molar-refractivity contribution in [3.8, 4) is 0 Å². The second kappa shape index (κ2) is 6.36. The van der Waals surface area contributed by atoms with Crippen molar-refractivity contribution in [2.45, 2.75) is 40.2 Å². The molecule has 0 heterocycles. The standard InChI is InChI=1S/C15H21NO3/c1-5-12(4)16(9-13(17)18)15(19)14-10(2)7-6-8-11(14)3/h6-8,12H,5,9H2,1-4H3,(H,17,18). The number of benzene rings is 1. The van der Waals surface area contributed by atoms with Crippen LogP contribution in [-0.4, -0.2) is 34.5 Å². The van der Waals surface area contributed by atoms with Gasteiger partial charge in [-0.15, -0.1) is 0 Å². The first-order valence-electron chi connectivity index (χ1n) is 6.47. The summed E-state index contributed by atoms with van der Waals surface area (Å²) in [5.41, 5.74) is 2.37. The van der Waals surface area contributed by atoms with E-state index in [0.717, 1.165) is 17.5 Å². The maximum atomic E-state index is 12.6. The van der Waals surface area contributed by atoms with Gasteiger partial charge >= 0.3 is 5.97 Å². The van der Waals surface area contributed by atoms with E-state index in [2.05, 4.69) is 0 Å². The zero-order valence-corrected chi connectivity index (χ0v) is 11.9. The summed E-state index contributed by atoms with van der Waals surface area (Å²) in [6, 6.07) is 5.54. The van der Waals surface area contributed by atoms with E-state index in [-0.39, 0.29) is 18.5 Å². The highest BCUT2D eigenvalue weighted by Gasteiger charge is 2.24. The largest absolute Gasteiger partial charge is 0.480 e. The minimum absolute atomic E-state index is 0.0948. The molecule has 0 bridgehead atoms. The van der Waals surface area contributed by atoms with Crippen molar-refractivity contribution in [3.63, 3.8) is 0 Å². The van der Waals surface area contributed by atoms with Gasteiger partial charge in [-0.2, -0.15) is 0 Å². The molecule has 1 N–H and O–H groups in total. The Morgan fingerprint density at radius 1 is 1.26 bits per heavy atom. The lowest BCUT2D eigenvalue weighted by molar-refractivity contribution is -0.138. The lowest BCUT2D eigenvalue weighted by atomic mass is 10.0. The molecular formula is C15H21NO3. The van der Waals surface area contributed by atoms with Gasteiger partial charge in [0, 0.05) is 11.6 Å². The summed E-state index contributed by atoms with van der Waals surface area (Å²) in [6.45, 7) is 7.29. The fourth-order valence-electron chi connectivity index (χ4n) is 2.09. The monoisotopic (exact) mass is 263 g/mol. The molecule has 0 spiro atoms. The van der Waals surface area contributed by atoms with Gasteiger partial charge in [0.25, 0.3) is 5.91 Å². The third-order valence-corrected chi connectivity index (χ3v) is 3.38. The molecule has 1 unspecified atom stereocenters. The highest BCUT2D eigenvalue weighted by atomic mass is 16.4. The number of aryl methyl sites for hydroxylation is 2. The maximum absolute atomic E-state index is 12.6. The molecule has 0 aliphatic rings. The molecule has 1 amide bonds. The molecule has 0 fully saturated rings. The van der Waals surface area contributed by atoms with Crippen LogP contribution in [0.4, 0.5) is 0 Å². The van der Waals surface area contributed by atoms with E-state index in [1.807, 2.05) is 45.9 Å². The zero-order valence-electron chi connectivity index (χ0n) is 11.9. The van der Waals surface area contributed by atoms with Gasteiger partial charge in [0.2, 0.25) is 0 Å². The van der Waals surface area contributed by atoms with Crippen LogP contribution in [0.3, 0.4) is 0 Å². The summed E-state index contributed by atoms with van der Waals surface area (Å²) in [7, 11) is 0. The van der Waals surface area contributed by atoms with Gasteiger partial charge in [-0.1, -0.05) is 25.1 Å². The van der Waals surface area contributed by atoms with Crippen molar-refractivity contribution < 1.29 is 14.7 Å². The number of amides is 1. The van der Waals surface area contributed by atoms with Crippen molar-refractivity contribution >= 4 is 11.9 Å². The molecule has 0 saturated heterocycles. The molecule has 1 aromatic rings. The first-order valence-corrected chi connectivity index (χ1v) is 6.47. The van der Waals surface area contributed by atoms with E-state index in [1.54, 1.807) is 0 Å². The number of carbonyl (C=O) groups excluding carboxylic acids is 1. The Hall–Kier alpha value is -1.84. The number of carbonyl (C=O) groups is 2. The normalized spacial score (nSPS) is 12.0. The molecule has 19 heavy (non-hydrogen) atoms. The van der Waals surface area contributed by atoms with E-state index in [9.17, 15) is 9.59 Å². The van der Waals surface area contributed by atoms with E-state index in [4.69, 9.17) is 5.11 Å². The Morgan fingerprint density at radius 2 is 1.79 bits per heavy atom. The van der Waals surface area contributed by atoms with Crippen molar-refractivity contribution in [2.24, 2.45) is 0 Å². The molecule has 4 nitrogen and oxygen atoms in total. The van der Waals surface area contributed by atoms with E-state index in [1.165, 1.54) is 4.90 Å². The van der Waals surface area contributed by atoms with Gasteiger partial charge in [-0.25, -0.2) is 0 Å². The van der Waals surface area contributed by atoms with Crippen molar-refractivity contribution in [1.29, 1.82) is 0 Å². The Labute approximate surface area is 114 Å². The van der Waals surface area contributed by atoms with Crippen LogP contribution in [0.1, 0.15) is 41.8 Å². The Kier molecular flexibility index (Phi) is 5.10. The third-order valence-electron chi connectivity index (χ3n) is 3.38. The third kappa shape index (κ3) is 3.56. The molecule has 4 heteroatoms. The number of nitrogens with zero attached hydrogens (tertiary/aromatic N) is 1. The van der Waals surface area contributed by atoms with Crippen molar-refractivity contribution in [3.05, 3.63) is 34.9 Å². The number of carboxylic acids is 1. The first kappa shape index (κ1) is 15.2. The van der Waals surface area contributed by atoms with Crippen molar-refractivity contribution in [2.75, 3.05) is 6.54 Å². The van der Waals surface area contributed by atoms with Gasteiger partial charge in [0.15, 0.2) is 0 Å². The quantitative estimate of drug-likeness (QED) is 0.888. The van der Waals surface area contributed by atoms with Gasteiger partial charge < -0.3 is 10.0 Å². The highest BCUT2D eigenvalue weighted by Crippen LogP contribution is 2.18. The van der Waals surface area contributed by atoms with Crippen LogP contribution < -0.4 is 0 Å². The summed E-state index contributed by atoms with van der Waals surface area (Å²) >= 11 is 0. The van der Waals surface area contributed by atoms with Gasteiger partial charge in [-0.3, -0.25) is 9.59 Å². The molecule has 0 aliphatic heterocycles. The summed E-state index contributed by atoms with van der Waals surface area (Å²) in [5.74, 6) is -1.19. The van der Waals surface area contributed by atoms with Gasteiger partial charge in [0.1, 0.15) is 6.54 Å². The number of aliphatic carboxylic acids is 1. The minimum atomic E-state index is -0.986. The molecular weight excluding hydrogens is 242 g/mol. The average molecular weight is 263 g/mol. The predicted octanol–water partition coefficient (Wildman–Crippen LogP) is 2.63. The summed E-state index contributed by atoms with van der Waals surface area (Å²) in [4.78, 5) is 25.0. The number of rotatable bonds is 5. The molecule has 1 atom stereocenters. The van der Waals surface area contributed by atoms with Crippen LogP contribution >= 0.6 is 0 Å². The summed E-state index contributed by atoms with van der Waals surface area (Å²) in [5, 5.41) is 8.97. The Morgan fingerprint density at radius 3 is 2.21 bits per heavy atom. The van der Waals surface area contributed by atoms with E-state index in [0.29, 0.717) is 5.56 Å². The Balaban J connectivity index is 3.15. The number of hydrogen-bond donors (Lipinski definition) is 1. The highest BCUT2D eigenvalue weighted by molar-refractivity contribution is 5.98. The van der Waals surface area contributed by atoms with E-state index >= 15 is 0 Å². The smallest absolute Gasteiger partial charge is 0.323 e. The molecule has 1 aromatic carbocycles. The van der Waals surface area contributed by atoms with Crippen LogP contribution in [-0.2, 0) is 4.79 Å². The lowest BCUT2D eigenvalue weighted by Crippen LogP contribution is -2.42. The molecule has 0 radical (unpaired) electrons. The first-order chi connectivity index (χ1) is 8.88. The second-order valence-electron chi connectivity index (χ2n) is 4.85. The summed E-state index contributed by atoms with van der Waals surface area (Å²) < 4.78 is 0.